The second-order valence-corrected chi connectivity index (χ2v) is 2.85. The van der Waals surface area contributed by atoms with Crippen molar-refractivity contribution in [2.45, 2.75) is 33.2 Å². The van der Waals surface area contributed by atoms with Gasteiger partial charge in [-0.2, -0.15) is 5.10 Å². The molecular formula is C9H14F2N2O. The van der Waals surface area contributed by atoms with Crippen LogP contribution < -0.4 is 4.74 Å². The van der Waals surface area contributed by atoms with Crippen molar-refractivity contribution < 1.29 is 13.5 Å². The number of hydrogen-bond donors (Lipinski definition) is 0. The van der Waals surface area contributed by atoms with Crippen LogP contribution in [0.4, 0.5) is 8.78 Å². The zero-order chi connectivity index (χ0) is 10.6. The topological polar surface area (TPSA) is 27.1 Å². The molecule has 0 saturated heterocycles. The number of rotatable bonds is 5. The summed E-state index contributed by atoms with van der Waals surface area (Å²) >= 11 is 0. The van der Waals surface area contributed by atoms with E-state index in [2.05, 4.69) is 5.10 Å². The molecule has 0 bridgehead atoms. The first kappa shape index (κ1) is 10.9. The average Bonchev–Trinajstić information content (AvgIpc) is 2.57. The number of hydrogen-bond acceptors (Lipinski definition) is 2. The maximum atomic E-state index is 11.9. The Kier molecular flexibility index (Phi) is 3.85. The van der Waals surface area contributed by atoms with Gasteiger partial charge in [-0.3, -0.25) is 0 Å². The predicted molar refractivity (Wildman–Crippen MR) is 48.8 cm³/mol. The van der Waals surface area contributed by atoms with Gasteiger partial charge < -0.3 is 4.74 Å². The van der Waals surface area contributed by atoms with Crippen LogP contribution in [-0.2, 0) is 13.0 Å². The number of nitrogens with zero attached hydrogens (tertiary/aromatic N) is 2. The maximum absolute atomic E-state index is 11.9. The number of alkyl halides is 2. The lowest BCUT2D eigenvalue weighted by Crippen LogP contribution is -2.10. The molecule has 80 valence electrons. The summed E-state index contributed by atoms with van der Waals surface area (Å²) in [5.41, 5.74) is 0.858. The maximum Gasteiger partial charge on any atom is 0.272 e. The molecule has 0 unspecified atom stereocenters. The number of aromatic nitrogens is 2. The summed E-state index contributed by atoms with van der Waals surface area (Å²) < 4.78 is 30.3. The third-order valence-corrected chi connectivity index (χ3v) is 1.81. The highest BCUT2D eigenvalue weighted by Crippen LogP contribution is 2.14. The molecule has 0 saturated carbocycles. The van der Waals surface area contributed by atoms with Gasteiger partial charge in [0, 0.05) is 12.6 Å². The number of halogens is 2. The van der Waals surface area contributed by atoms with Crippen LogP contribution in [0.15, 0.2) is 6.07 Å². The average molecular weight is 204 g/mol. The third-order valence-electron chi connectivity index (χ3n) is 1.81. The molecule has 0 aliphatic heterocycles. The van der Waals surface area contributed by atoms with E-state index in [0.717, 1.165) is 12.1 Å². The SMILES string of the molecule is CCc1cc(OCC(F)F)n(CC)n1. The van der Waals surface area contributed by atoms with E-state index in [1.54, 1.807) is 10.7 Å². The highest BCUT2D eigenvalue weighted by Gasteiger charge is 2.09. The first-order chi connectivity index (χ1) is 6.67. The van der Waals surface area contributed by atoms with Crippen LogP contribution in [0.5, 0.6) is 5.88 Å². The summed E-state index contributed by atoms with van der Waals surface area (Å²) in [5, 5.41) is 4.17. The van der Waals surface area contributed by atoms with Crippen molar-refractivity contribution in [2.24, 2.45) is 0 Å². The molecule has 14 heavy (non-hydrogen) atoms. The number of aryl methyl sites for hydroxylation is 2. The molecule has 0 fully saturated rings. The quantitative estimate of drug-likeness (QED) is 0.734. The summed E-state index contributed by atoms with van der Waals surface area (Å²) in [4.78, 5) is 0. The molecular weight excluding hydrogens is 190 g/mol. The Hall–Kier alpha value is -1.13. The van der Waals surface area contributed by atoms with Crippen molar-refractivity contribution in [3.8, 4) is 5.88 Å². The van der Waals surface area contributed by atoms with Crippen molar-refractivity contribution in [1.29, 1.82) is 0 Å². The van der Waals surface area contributed by atoms with E-state index in [1.807, 2.05) is 13.8 Å². The van der Waals surface area contributed by atoms with E-state index in [1.165, 1.54) is 0 Å². The predicted octanol–water partition coefficient (Wildman–Crippen LogP) is 2.11. The summed E-state index contributed by atoms with van der Waals surface area (Å²) in [6, 6.07) is 1.70. The van der Waals surface area contributed by atoms with Gasteiger partial charge in [0.05, 0.1) is 5.69 Å². The van der Waals surface area contributed by atoms with Gasteiger partial charge in [-0.15, -0.1) is 0 Å². The van der Waals surface area contributed by atoms with Gasteiger partial charge in [0.1, 0.15) is 0 Å². The van der Waals surface area contributed by atoms with Crippen LogP contribution >= 0.6 is 0 Å². The van der Waals surface area contributed by atoms with E-state index < -0.39 is 13.0 Å². The number of ether oxygens (including phenoxy) is 1. The zero-order valence-electron chi connectivity index (χ0n) is 8.33. The van der Waals surface area contributed by atoms with Crippen LogP contribution in [-0.4, -0.2) is 22.8 Å². The smallest absolute Gasteiger partial charge is 0.272 e. The van der Waals surface area contributed by atoms with Gasteiger partial charge in [-0.25, -0.2) is 13.5 Å². The minimum Gasteiger partial charge on any atom is -0.472 e. The Balaban J connectivity index is 2.68. The fraction of sp³-hybridized carbons (Fsp3) is 0.667. The molecule has 0 aliphatic rings. The fourth-order valence-electron chi connectivity index (χ4n) is 1.11. The lowest BCUT2D eigenvalue weighted by Gasteiger charge is -2.05. The second kappa shape index (κ2) is 4.93. The van der Waals surface area contributed by atoms with Gasteiger partial charge in [0.2, 0.25) is 5.88 Å². The van der Waals surface area contributed by atoms with E-state index in [4.69, 9.17) is 4.74 Å². The molecule has 0 atom stereocenters. The van der Waals surface area contributed by atoms with Gasteiger partial charge in [0.15, 0.2) is 6.61 Å². The van der Waals surface area contributed by atoms with Crippen molar-refractivity contribution in [3.05, 3.63) is 11.8 Å². The van der Waals surface area contributed by atoms with Crippen LogP contribution in [0.25, 0.3) is 0 Å². The van der Waals surface area contributed by atoms with Gasteiger partial charge in [-0.05, 0) is 13.3 Å². The molecule has 0 aromatic carbocycles. The molecule has 1 rings (SSSR count). The fourth-order valence-corrected chi connectivity index (χ4v) is 1.11. The molecule has 5 heteroatoms. The highest BCUT2D eigenvalue weighted by atomic mass is 19.3. The Labute approximate surface area is 81.7 Å². The largest absolute Gasteiger partial charge is 0.472 e. The minimum atomic E-state index is -2.44. The van der Waals surface area contributed by atoms with Crippen molar-refractivity contribution >= 4 is 0 Å². The van der Waals surface area contributed by atoms with Gasteiger partial charge in [0.25, 0.3) is 6.43 Å². The molecule has 3 nitrogen and oxygen atoms in total. The van der Waals surface area contributed by atoms with Crippen molar-refractivity contribution in [1.82, 2.24) is 9.78 Å². The standard InChI is InChI=1S/C9H14F2N2O/c1-3-7-5-9(13(4-2)12-7)14-6-8(10)11/h5,8H,3-4,6H2,1-2H3. The van der Waals surface area contributed by atoms with Gasteiger partial charge >= 0.3 is 0 Å². The van der Waals surface area contributed by atoms with E-state index >= 15 is 0 Å². The molecule has 0 radical (unpaired) electrons. The molecule has 1 heterocycles. The van der Waals surface area contributed by atoms with Gasteiger partial charge in [-0.1, -0.05) is 6.92 Å². The molecule has 0 amide bonds. The molecule has 1 aromatic heterocycles. The summed E-state index contributed by atoms with van der Waals surface area (Å²) in [5.74, 6) is 0.421. The van der Waals surface area contributed by atoms with Crippen LogP contribution in [0.2, 0.25) is 0 Å². The van der Waals surface area contributed by atoms with Crippen LogP contribution in [0.1, 0.15) is 19.5 Å². The van der Waals surface area contributed by atoms with E-state index in [9.17, 15) is 8.78 Å². The first-order valence-electron chi connectivity index (χ1n) is 4.65. The van der Waals surface area contributed by atoms with Crippen molar-refractivity contribution in [3.63, 3.8) is 0 Å². The Bertz CT molecular complexity index is 286. The summed E-state index contributed by atoms with van der Waals surface area (Å²) in [7, 11) is 0. The summed E-state index contributed by atoms with van der Waals surface area (Å²) in [6.07, 6.45) is -1.67. The van der Waals surface area contributed by atoms with Crippen LogP contribution in [0, 0.1) is 0 Å². The lowest BCUT2D eigenvalue weighted by atomic mass is 10.3. The molecule has 0 N–H and O–H groups in total. The van der Waals surface area contributed by atoms with E-state index in [-0.39, 0.29) is 0 Å². The molecule has 0 spiro atoms. The Morgan fingerprint density at radius 2 is 2.21 bits per heavy atom. The summed E-state index contributed by atoms with van der Waals surface area (Å²) in [6.45, 7) is 3.90. The second-order valence-electron chi connectivity index (χ2n) is 2.85. The minimum absolute atomic E-state index is 0.421. The highest BCUT2D eigenvalue weighted by molar-refractivity contribution is 5.16. The molecule has 1 aromatic rings. The molecule has 0 aliphatic carbocycles. The Morgan fingerprint density at radius 1 is 1.50 bits per heavy atom. The first-order valence-corrected chi connectivity index (χ1v) is 4.65. The monoisotopic (exact) mass is 204 g/mol. The van der Waals surface area contributed by atoms with E-state index in [0.29, 0.717) is 12.4 Å². The lowest BCUT2D eigenvalue weighted by molar-refractivity contribution is 0.0769. The zero-order valence-corrected chi connectivity index (χ0v) is 8.33. The Morgan fingerprint density at radius 3 is 2.71 bits per heavy atom. The van der Waals surface area contributed by atoms with Crippen molar-refractivity contribution in [2.75, 3.05) is 6.61 Å². The third kappa shape index (κ3) is 2.68. The van der Waals surface area contributed by atoms with Crippen LogP contribution in [0.3, 0.4) is 0 Å². The normalized spacial score (nSPS) is 10.9.